The summed E-state index contributed by atoms with van der Waals surface area (Å²) in [6.45, 7) is 0. The first-order valence-electron chi connectivity index (χ1n) is 4.27. The lowest BCUT2D eigenvalue weighted by atomic mass is 10.1. The predicted octanol–water partition coefficient (Wildman–Crippen LogP) is 3.09. The summed E-state index contributed by atoms with van der Waals surface area (Å²) >= 11 is 4.89. The molecule has 2 nitrogen and oxygen atoms in total. The number of pyridine rings is 1. The minimum absolute atomic E-state index is 0.275. The third-order valence-electron chi connectivity index (χ3n) is 2.06. The van der Waals surface area contributed by atoms with Crippen LogP contribution in [0.15, 0.2) is 33.6 Å². The maximum absolute atomic E-state index is 13.4. The van der Waals surface area contributed by atoms with Gasteiger partial charge >= 0.3 is 0 Å². The SMILES string of the molecule is NC(c1cscc1Br)c1ncccc1F. The summed E-state index contributed by atoms with van der Waals surface area (Å²) in [6, 6.07) is 2.39. The van der Waals surface area contributed by atoms with Crippen molar-refractivity contribution in [3.05, 3.63) is 50.6 Å². The Hall–Kier alpha value is -0.780. The molecular weight excluding hydrogens is 279 g/mol. The zero-order valence-electron chi connectivity index (χ0n) is 7.65. The zero-order chi connectivity index (χ0) is 10.8. The molecular formula is C10H8BrFN2S. The second kappa shape index (κ2) is 4.38. The molecule has 0 spiro atoms. The Bertz CT molecular complexity index is 472. The molecule has 0 aliphatic heterocycles. The number of nitrogens with two attached hydrogens (primary N) is 1. The summed E-state index contributed by atoms with van der Waals surface area (Å²) in [5.74, 6) is -0.372. The van der Waals surface area contributed by atoms with Crippen LogP contribution >= 0.6 is 27.3 Å². The van der Waals surface area contributed by atoms with Crippen LogP contribution in [0.25, 0.3) is 0 Å². The smallest absolute Gasteiger partial charge is 0.146 e. The van der Waals surface area contributed by atoms with Gasteiger partial charge in [-0.05, 0) is 39.0 Å². The second-order valence-electron chi connectivity index (χ2n) is 3.02. The van der Waals surface area contributed by atoms with Crippen molar-refractivity contribution in [2.24, 2.45) is 5.73 Å². The van der Waals surface area contributed by atoms with Crippen LogP contribution < -0.4 is 5.73 Å². The van der Waals surface area contributed by atoms with Gasteiger partial charge in [0.15, 0.2) is 0 Å². The van der Waals surface area contributed by atoms with E-state index in [0.717, 1.165) is 10.0 Å². The number of hydrogen-bond donors (Lipinski definition) is 1. The quantitative estimate of drug-likeness (QED) is 0.921. The van der Waals surface area contributed by atoms with Gasteiger partial charge in [-0.15, -0.1) is 0 Å². The predicted molar refractivity (Wildman–Crippen MR) is 62.2 cm³/mol. The molecule has 2 rings (SSSR count). The van der Waals surface area contributed by atoms with Crippen molar-refractivity contribution in [3.63, 3.8) is 0 Å². The van der Waals surface area contributed by atoms with E-state index in [1.807, 2.05) is 10.8 Å². The molecule has 0 amide bonds. The Morgan fingerprint density at radius 1 is 1.47 bits per heavy atom. The van der Waals surface area contributed by atoms with Crippen molar-refractivity contribution >= 4 is 27.3 Å². The van der Waals surface area contributed by atoms with Crippen molar-refractivity contribution in [2.75, 3.05) is 0 Å². The van der Waals surface area contributed by atoms with Crippen molar-refractivity contribution in [3.8, 4) is 0 Å². The topological polar surface area (TPSA) is 38.9 Å². The Balaban J connectivity index is 2.41. The highest BCUT2D eigenvalue weighted by Crippen LogP contribution is 2.29. The van der Waals surface area contributed by atoms with Crippen LogP contribution in [0.2, 0.25) is 0 Å². The van der Waals surface area contributed by atoms with Gasteiger partial charge in [-0.25, -0.2) is 4.39 Å². The van der Waals surface area contributed by atoms with Gasteiger partial charge in [-0.2, -0.15) is 11.3 Å². The van der Waals surface area contributed by atoms with E-state index < -0.39 is 6.04 Å². The van der Waals surface area contributed by atoms with Crippen molar-refractivity contribution < 1.29 is 4.39 Å². The Morgan fingerprint density at radius 2 is 2.27 bits per heavy atom. The molecule has 0 fully saturated rings. The molecule has 0 saturated heterocycles. The first-order chi connectivity index (χ1) is 7.20. The third kappa shape index (κ3) is 2.09. The second-order valence-corrected chi connectivity index (χ2v) is 4.62. The van der Waals surface area contributed by atoms with Gasteiger partial charge in [0.05, 0.1) is 11.7 Å². The van der Waals surface area contributed by atoms with E-state index in [0.29, 0.717) is 0 Å². The summed E-state index contributed by atoms with van der Waals surface area (Å²) in [5, 5.41) is 3.80. The van der Waals surface area contributed by atoms with Crippen molar-refractivity contribution in [2.45, 2.75) is 6.04 Å². The lowest BCUT2D eigenvalue weighted by molar-refractivity contribution is 0.586. The first kappa shape index (κ1) is 10.7. The lowest BCUT2D eigenvalue weighted by Crippen LogP contribution is -2.14. The average Bonchev–Trinajstić information content (AvgIpc) is 2.64. The van der Waals surface area contributed by atoms with Crippen LogP contribution in [0.3, 0.4) is 0 Å². The monoisotopic (exact) mass is 286 g/mol. The van der Waals surface area contributed by atoms with Crippen LogP contribution in [-0.2, 0) is 0 Å². The van der Waals surface area contributed by atoms with E-state index in [9.17, 15) is 4.39 Å². The van der Waals surface area contributed by atoms with Crippen molar-refractivity contribution in [1.82, 2.24) is 4.98 Å². The Kier molecular flexibility index (Phi) is 3.14. The average molecular weight is 287 g/mol. The summed E-state index contributed by atoms with van der Waals surface area (Å²) in [7, 11) is 0. The number of halogens is 2. The third-order valence-corrected chi connectivity index (χ3v) is 3.81. The minimum Gasteiger partial charge on any atom is -0.319 e. The van der Waals surface area contributed by atoms with E-state index in [1.54, 1.807) is 12.3 Å². The summed E-state index contributed by atoms with van der Waals surface area (Å²) in [6.07, 6.45) is 1.54. The van der Waals surface area contributed by atoms with E-state index in [2.05, 4.69) is 20.9 Å². The maximum Gasteiger partial charge on any atom is 0.146 e. The van der Waals surface area contributed by atoms with E-state index in [1.165, 1.54) is 17.4 Å². The molecule has 2 aromatic rings. The standard InChI is InChI=1S/C10H8BrFN2S/c11-7-5-15-4-6(7)9(13)10-8(12)2-1-3-14-10/h1-5,9H,13H2. The van der Waals surface area contributed by atoms with Gasteiger partial charge in [0.2, 0.25) is 0 Å². The van der Waals surface area contributed by atoms with Crippen LogP contribution in [0, 0.1) is 5.82 Å². The maximum atomic E-state index is 13.4. The molecule has 0 radical (unpaired) electrons. The van der Waals surface area contributed by atoms with Gasteiger partial charge in [0.1, 0.15) is 5.82 Å². The van der Waals surface area contributed by atoms with Crippen molar-refractivity contribution in [1.29, 1.82) is 0 Å². The Morgan fingerprint density at radius 3 is 2.87 bits per heavy atom. The lowest BCUT2D eigenvalue weighted by Gasteiger charge is -2.10. The molecule has 1 unspecified atom stereocenters. The van der Waals surface area contributed by atoms with Gasteiger partial charge in [-0.1, -0.05) is 0 Å². The van der Waals surface area contributed by atoms with Gasteiger partial charge in [-0.3, -0.25) is 4.98 Å². The number of rotatable bonds is 2. The molecule has 78 valence electrons. The number of hydrogen-bond acceptors (Lipinski definition) is 3. The minimum atomic E-state index is -0.521. The summed E-state index contributed by atoms with van der Waals surface area (Å²) in [5.41, 5.74) is 7.07. The number of aromatic nitrogens is 1. The molecule has 15 heavy (non-hydrogen) atoms. The van der Waals surface area contributed by atoms with Gasteiger partial charge in [0.25, 0.3) is 0 Å². The first-order valence-corrected chi connectivity index (χ1v) is 6.01. The molecule has 0 bridgehead atoms. The zero-order valence-corrected chi connectivity index (χ0v) is 10.1. The van der Waals surface area contributed by atoms with Gasteiger partial charge in [0, 0.05) is 16.0 Å². The normalized spacial score (nSPS) is 12.7. The molecule has 5 heteroatoms. The molecule has 1 atom stereocenters. The van der Waals surface area contributed by atoms with Crippen LogP contribution in [-0.4, -0.2) is 4.98 Å². The van der Waals surface area contributed by atoms with Crippen LogP contribution in [0.5, 0.6) is 0 Å². The molecule has 0 aliphatic carbocycles. The highest BCUT2D eigenvalue weighted by atomic mass is 79.9. The number of thiophene rings is 1. The van der Waals surface area contributed by atoms with E-state index >= 15 is 0 Å². The fourth-order valence-corrected chi connectivity index (χ4v) is 2.87. The fourth-order valence-electron chi connectivity index (χ4n) is 1.29. The Labute approximate surface area is 99.1 Å². The highest BCUT2D eigenvalue weighted by Gasteiger charge is 2.17. The molecule has 2 heterocycles. The molecule has 2 aromatic heterocycles. The number of nitrogens with zero attached hydrogens (tertiary/aromatic N) is 1. The van der Waals surface area contributed by atoms with Crippen LogP contribution in [0.4, 0.5) is 4.39 Å². The largest absolute Gasteiger partial charge is 0.319 e. The summed E-state index contributed by atoms with van der Waals surface area (Å²) in [4.78, 5) is 3.96. The van der Waals surface area contributed by atoms with E-state index in [-0.39, 0.29) is 11.5 Å². The molecule has 0 aromatic carbocycles. The fraction of sp³-hybridized carbons (Fsp3) is 0.100. The van der Waals surface area contributed by atoms with E-state index in [4.69, 9.17) is 5.73 Å². The molecule has 0 saturated carbocycles. The van der Waals surface area contributed by atoms with Crippen LogP contribution in [0.1, 0.15) is 17.3 Å². The summed E-state index contributed by atoms with van der Waals surface area (Å²) < 4.78 is 14.3. The van der Waals surface area contributed by atoms with Gasteiger partial charge < -0.3 is 5.73 Å². The molecule has 0 aliphatic rings. The molecule has 2 N–H and O–H groups in total. The highest BCUT2D eigenvalue weighted by molar-refractivity contribution is 9.10.